The van der Waals surface area contributed by atoms with E-state index in [9.17, 15) is 13.2 Å². The zero-order chi connectivity index (χ0) is 17.2. The molecule has 126 valence electrons. The van der Waals surface area contributed by atoms with Gasteiger partial charge in [0.25, 0.3) is 5.91 Å². The van der Waals surface area contributed by atoms with Crippen molar-refractivity contribution < 1.29 is 17.9 Å². The molecule has 1 amide bonds. The van der Waals surface area contributed by atoms with E-state index in [2.05, 4.69) is 0 Å². The van der Waals surface area contributed by atoms with E-state index in [0.717, 1.165) is 11.8 Å². The minimum Gasteiger partial charge on any atom is -0.370 e. The fourth-order valence-corrected chi connectivity index (χ4v) is 3.41. The first kappa shape index (κ1) is 16.7. The van der Waals surface area contributed by atoms with Crippen LogP contribution in [0.25, 0.3) is 0 Å². The number of rotatable bonds is 3. The van der Waals surface area contributed by atoms with Gasteiger partial charge in [-0.05, 0) is 23.8 Å². The van der Waals surface area contributed by atoms with Crippen LogP contribution in [0.1, 0.15) is 22.0 Å². The van der Waals surface area contributed by atoms with Crippen molar-refractivity contribution >= 4 is 15.7 Å². The highest BCUT2D eigenvalue weighted by Crippen LogP contribution is 2.23. The fourth-order valence-electron chi connectivity index (χ4n) is 2.75. The third-order valence-corrected chi connectivity index (χ3v) is 5.14. The quantitative estimate of drug-likeness (QED) is 0.856. The summed E-state index contributed by atoms with van der Waals surface area (Å²) in [5.41, 5.74) is 1.41. The zero-order valence-electron chi connectivity index (χ0n) is 13.4. The molecule has 1 heterocycles. The molecule has 1 atom stereocenters. The van der Waals surface area contributed by atoms with Crippen LogP contribution in [0, 0.1) is 0 Å². The molecule has 6 heteroatoms. The molecular weight excluding hydrogens is 326 g/mol. The first-order valence-corrected chi connectivity index (χ1v) is 9.60. The number of sulfone groups is 1. The van der Waals surface area contributed by atoms with Crippen LogP contribution in [0.4, 0.5) is 0 Å². The van der Waals surface area contributed by atoms with E-state index < -0.39 is 9.84 Å². The average molecular weight is 345 g/mol. The number of nitrogens with zero attached hydrogens (tertiary/aromatic N) is 1. The van der Waals surface area contributed by atoms with Crippen molar-refractivity contribution in [2.45, 2.75) is 11.0 Å². The maximum atomic E-state index is 12.7. The summed E-state index contributed by atoms with van der Waals surface area (Å²) in [4.78, 5) is 14.6. The van der Waals surface area contributed by atoms with Gasteiger partial charge in [0.2, 0.25) is 0 Å². The lowest BCUT2D eigenvalue weighted by Gasteiger charge is -2.33. The summed E-state index contributed by atoms with van der Waals surface area (Å²) < 4.78 is 29.1. The summed E-state index contributed by atoms with van der Waals surface area (Å²) in [6, 6.07) is 15.9. The van der Waals surface area contributed by atoms with Gasteiger partial charge in [-0.25, -0.2) is 8.42 Å². The Labute approximate surface area is 141 Å². The Bertz CT molecular complexity index is 833. The van der Waals surface area contributed by atoms with Gasteiger partial charge in [0.15, 0.2) is 9.84 Å². The molecule has 1 aliphatic heterocycles. The molecule has 2 aromatic rings. The molecule has 0 aromatic heterocycles. The van der Waals surface area contributed by atoms with Crippen molar-refractivity contribution in [2.75, 3.05) is 26.0 Å². The number of ether oxygens (including phenoxy) is 1. The molecule has 0 saturated carbocycles. The molecule has 2 aromatic carbocycles. The topological polar surface area (TPSA) is 63.7 Å². The molecule has 1 saturated heterocycles. The third kappa shape index (κ3) is 3.66. The van der Waals surface area contributed by atoms with Crippen molar-refractivity contribution in [2.24, 2.45) is 0 Å². The Morgan fingerprint density at radius 3 is 2.58 bits per heavy atom. The number of amides is 1. The highest BCUT2D eigenvalue weighted by atomic mass is 32.2. The minimum absolute atomic E-state index is 0.154. The van der Waals surface area contributed by atoms with Crippen LogP contribution in [0.2, 0.25) is 0 Å². The molecule has 5 nitrogen and oxygen atoms in total. The lowest BCUT2D eigenvalue weighted by Crippen LogP contribution is -2.42. The van der Waals surface area contributed by atoms with Gasteiger partial charge in [0, 0.05) is 18.4 Å². The van der Waals surface area contributed by atoms with Gasteiger partial charge in [-0.2, -0.15) is 0 Å². The summed E-state index contributed by atoms with van der Waals surface area (Å²) >= 11 is 0. The van der Waals surface area contributed by atoms with E-state index in [0.29, 0.717) is 25.3 Å². The van der Waals surface area contributed by atoms with E-state index in [4.69, 9.17) is 4.74 Å². The number of benzene rings is 2. The summed E-state index contributed by atoms with van der Waals surface area (Å²) in [6.07, 6.45) is 0.971. The predicted octanol–water partition coefficient (Wildman–Crippen LogP) is 2.30. The second kappa shape index (κ2) is 6.75. The van der Waals surface area contributed by atoms with E-state index >= 15 is 0 Å². The van der Waals surface area contributed by atoms with Gasteiger partial charge < -0.3 is 9.64 Å². The number of carbonyl (C=O) groups excluding carboxylic acids is 1. The molecule has 24 heavy (non-hydrogen) atoms. The second-order valence-corrected chi connectivity index (χ2v) is 7.84. The van der Waals surface area contributed by atoms with Gasteiger partial charge in [0.05, 0.1) is 18.0 Å². The van der Waals surface area contributed by atoms with Gasteiger partial charge in [-0.15, -0.1) is 0 Å². The second-order valence-electron chi connectivity index (χ2n) is 5.82. The number of morpholine rings is 1. The van der Waals surface area contributed by atoms with Crippen molar-refractivity contribution in [1.29, 1.82) is 0 Å². The Morgan fingerprint density at radius 1 is 1.12 bits per heavy atom. The van der Waals surface area contributed by atoms with Gasteiger partial charge in [-0.3, -0.25) is 4.79 Å². The van der Waals surface area contributed by atoms with E-state index in [-0.39, 0.29) is 16.9 Å². The molecule has 0 bridgehead atoms. The highest BCUT2D eigenvalue weighted by molar-refractivity contribution is 7.90. The van der Waals surface area contributed by atoms with Crippen LogP contribution in [-0.2, 0) is 14.6 Å². The normalized spacial score (nSPS) is 18.4. The average Bonchev–Trinajstić information content (AvgIpc) is 2.61. The molecule has 3 rings (SSSR count). The van der Waals surface area contributed by atoms with Crippen molar-refractivity contribution in [3.8, 4) is 0 Å². The van der Waals surface area contributed by atoms with Gasteiger partial charge in [0.1, 0.15) is 6.10 Å². The van der Waals surface area contributed by atoms with Gasteiger partial charge in [-0.1, -0.05) is 36.4 Å². The van der Waals surface area contributed by atoms with Gasteiger partial charge >= 0.3 is 0 Å². The third-order valence-electron chi connectivity index (χ3n) is 4.03. The minimum atomic E-state index is -3.34. The Hall–Kier alpha value is -2.18. The van der Waals surface area contributed by atoms with Crippen molar-refractivity contribution in [1.82, 2.24) is 4.90 Å². The Kier molecular flexibility index (Phi) is 4.69. The van der Waals surface area contributed by atoms with Crippen LogP contribution >= 0.6 is 0 Å². The van der Waals surface area contributed by atoms with Crippen LogP contribution < -0.4 is 0 Å². The lowest BCUT2D eigenvalue weighted by atomic mass is 10.1. The van der Waals surface area contributed by atoms with E-state index in [1.165, 1.54) is 12.1 Å². The highest BCUT2D eigenvalue weighted by Gasteiger charge is 2.26. The summed E-state index contributed by atoms with van der Waals surface area (Å²) in [6.45, 7) is 1.40. The Morgan fingerprint density at radius 2 is 1.88 bits per heavy atom. The number of carbonyl (C=O) groups is 1. The maximum Gasteiger partial charge on any atom is 0.254 e. The summed E-state index contributed by atoms with van der Waals surface area (Å²) in [7, 11) is -3.34. The maximum absolute atomic E-state index is 12.7. The first-order valence-electron chi connectivity index (χ1n) is 7.71. The molecule has 0 spiro atoms. The van der Waals surface area contributed by atoms with Crippen LogP contribution in [0.3, 0.4) is 0 Å². The SMILES string of the molecule is CS(=O)(=O)c1cccc(C(=O)N2CCO[C@H](c3ccccc3)C2)c1. The molecular formula is C18H19NO4S. The molecule has 0 radical (unpaired) electrons. The Balaban J connectivity index is 1.80. The molecule has 1 aliphatic rings. The predicted molar refractivity (Wildman–Crippen MR) is 90.6 cm³/mol. The molecule has 0 N–H and O–H groups in total. The first-order chi connectivity index (χ1) is 11.4. The smallest absolute Gasteiger partial charge is 0.254 e. The molecule has 0 unspecified atom stereocenters. The monoisotopic (exact) mass is 345 g/mol. The standard InChI is InChI=1S/C18H19NO4S/c1-24(21,22)16-9-5-8-15(12-16)18(20)19-10-11-23-17(13-19)14-6-3-2-4-7-14/h2-9,12,17H,10-11,13H2,1H3/t17-/m0/s1. The van der Waals surface area contributed by atoms with Crippen LogP contribution in [0.15, 0.2) is 59.5 Å². The number of hydrogen-bond donors (Lipinski definition) is 0. The fraction of sp³-hybridized carbons (Fsp3) is 0.278. The molecule has 0 aliphatic carbocycles. The number of hydrogen-bond acceptors (Lipinski definition) is 4. The molecule has 1 fully saturated rings. The van der Waals surface area contributed by atoms with Crippen molar-refractivity contribution in [3.63, 3.8) is 0 Å². The van der Waals surface area contributed by atoms with Crippen molar-refractivity contribution in [3.05, 3.63) is 65.7 Å². The zero-order valence-corrected chi connectivity index (χ0v) is 14.2. The largest absolute Gasteiger partial charge is 0.370 e. The van der Waals surface area contributed by atoms with E-state index in [1.54, 1.807) is 17.0 Å². The summed E-state index contributed by atoms with van der Waals surface area (Å²) in [5, 5.41) is 0. The lowest BCUT2D eigenvalue weighted by molar-refractivity contribution is -0.0228. The van der Waals surface area contributed by atoms with Crippen LogP contribution in [0.5, 0.6) is 0 Å². The summed E-state index contributed by atoms with van der Waals surface area (Å²) in [5.74, 6) is -0.176. The van der Waals surface area contributed by atoms with Crippen LogP contribution in [-0.4, -0.2) is 45.2 Å². The van der Waals surface area contributed by atoms with E-state index in [1.807, 2.05) is 30.3 Å².